The second-order valence-electron chi connectivity index (χ2n) is 7.71. The normalized spacial score (nSPS) is 17.0. The third kappa shape index (κ3) is 5.64. The average molecular weight is 400 g/mol. The van der Waals surface area contributed by atoms with Crippen LogP contribution in [-0.4, -0.2) is 34.8 Å². The van der Waals surface area contributed by atoms with Crippen LogP contribution < -0.4 is 5.32 Å². The molecule has 0 radical (unpaired) electrons. The lowest BCUT2D eigenvalue weighted by atomic mass is 9.98. The summed E-state index contributed by atoms with van der Waals surface area (Å²) in [7, 11) is 0. The van der Waals surface area contributed by atoms with Crippen molar-refractivity contribution in [2.45, 2.75) is 52.0 Å². The zero-order valence-electron chi connectivity index (χ0n) is 16.7. The van der Waals surface area contributed by atoms with Crippen molar-refractivity contribution in [3.05, 3.63) is 52.0 Å². The second kappa shape index (κ2) is 9.82. The van der Waals surface area contributed by atoms with Crippen LogP contribution in [0.25, 0.3) is 0 Å². The number of carbonyl (C=O) groups is 2. The maximum absolute atomic E-state index is 12.7. The van der Waals surface area contributed by atoms with Gasteiger partial charge in [-0.1, -0.05) is 44.2 Å². The minimum atomic E-state index is -0.0214. The third-order valence-electron chi connectivity index (χ3n) is 5.13. The summed E-state index contributed by atoms with van der Waals surface area (Å²) in [5.41, 5.74) is 2.11. The molecule has 150 valence electrons. The first-order valence-corrected chi connectivity index (χ1v) is 10.9. The smallest absolute Gasteiger partial charge is 0.222 e. The fourth-order valence-corrected chi connectivity index (χ4v) is 4.38. The van der Waals surface area contributed by atoms with E-state index >= 15 is 0 Å². The Morgan fingerprint density at radius 1 is 1.29 bits per heavy atom. The molecule has 2 amide bonds. The van der Waals surface area contributed by atoms with Crippen LogP contribution in [-0.2, 0) is 22.6 Å². The summed E-state index contributed by atoms with van der Waals surface area (Å²) in [5.74, 6) is 0.554. The molecule has 1 fully saturated rings. The number of piperidine rings is 1. The molecule has 5 nitrogen and oxygen atoms in total. The first-order valence-electron chi connectivity index (χ1n) is 10.1. The number of aryl methyl sites for hydroxylation is 1. The Labute approximate surface area is 171 Å². The predicted molar refractivity (Wildman–Crippen MR) is 112 cm³/mol. The summed E-state index contributed by atoms with van der Waals surface area (Å²) in [4.78, 5) is 31.1. The number of rotatable bonds is 7. The van der Waals surface area contributed by atoms with Crippen molar-refractivity contribution in [2.75, 3.05) is 13.1 Å². The van der Waals surface area contributed by atoms with Gasteiger partial charge in [0.15, 0.2) is 0 Å². The number of thiazole rings is 1. The van der Waals surface area contributed by atoms with Gasteiger partial charge in [0, 0.05) is 36.7 Å². The molecule has 1 N–H and O–H groups in total. The van der Waals surface area contributed by atoms with Gasteiger partial charge in [0.05, 0.1) is 17.2 Å². The van der Waals surface area contributed by atoms with Crippen LogP contribution in [0, 0.1) is 5.92 Å². The van der Waals surface area contributed by atoms with Gasteiger partial charge in [-0.3, -0.25) is 9.59 Å². The monoisotopic (exact) mass is 399 g/mol. The van der Waals surface area contributed by atoms with Crippen LogP contribution in [0.3, 0.4) is 0 Å². The third-order valence-corrected chi connectivity index (χ3v) is 6.19. The summed E-state index contributed by atoms with van der Waals surface area (Å²) in [6, 6.07) is 10.2. The van der Waals surface area contributed by atoms with Crippen LogP contribution in [0.2, 0.25) is 0 Å². The predicted octanol–water partition coefficient (Wildman–Crippen LogP) is 3.75. The number of hydrogen-bond donors (Lipinski definition) is 1. The largest absolute Gasteiger partial charge is 0.350 e. The molecular formula is C22H29N3O2S. The minimum absolute atomic E-state index is 0.0214. The van der Waals surface area contributed by atoms with Gasteiger partial charge in [0.25, 0.3) is 0 Å². The first-order chi connectivity index (χ1) is 13.5. The lowest BCUT2D eigenvalue weighted by molar-refractivity contribution is -0.132. The molecule has 1 saturated heterocycles. The molecule has 0 saturated carbocycles. The first kappa shape index (κ1) is 20.5. The van der Waals surface area contributed by atoms with Crippen LogP contribution in [0.5, 0.6) is 0 Å². The van der Waals surface area contributed by atoms with Crippen LogP contribution in [0.15, 0.2) is 35.7 Å². The summed E-state index contributed by atoms with van der Waals surface area (Å²) >= 11 is 1.64. The fourth-order valence-electron chi connectivity index (χ4n) is 3.43. The van der Waals surface area contributed by atoms with Gasteiger partial charge < -0.3 is 10.2 Å². The molecule has 1 aliphatic rings. The Morgan fingerprint density at radius 2 is 2.07 bits per heavy atom. The van der Waals surface area contributed by atoms with Crippen molar-refractivity contribution in [3.8, 4) is 0 Å². The van der Waals surface area contributed by atoms with Gasteiger partial charge in [-0.15, -0.1) is 11.3 Å². The highest BCUT2D eigenvalue weighted by Crippen LogP contribution is 2.29. The standard InChI is InChI=1S/C22H29N3O2S/c1-16(2)21(27)23-13-19-15-28-22(24-19)18-9-6-12-25(14-18)20(26)11-10-17-7-4-3-5-8-17/h3-5,7-8,15-16,18H,6,9-14H2,1-2H3,(H,23,27)/t18-/m0/s1. The van der Waals surface area contributed by atoms with Crippen LogP contribution in [0.1, 0.15) is 55.3 Å². The van der Waals surface area contributed by atoms with E-state index in [2.05, 4.69) is 17.4 Å². The summed E-state index contributed by atoms with van der Waals surface area (Å²) in [5, 5.41) is 6.01. The van der Waals surface area contributed by atoms with Gasteiger partial charge in [-0.2, -0.15) is 0 Å². The molecule has 1 aromatic heterocycles. The molecule has 6 heteroatoms. The molecule has 0 aliphatic carbocycles. The zero-order chi connectivity index (χ0) is 19.9. The molecule has 0 spiro atoms. The van der Waals surface area contributed by atoms with Gasteiger partial charge in [0.2, 0.25) is 11.8 Å². The highest BCUT2D eigenvalue weighted by atomic mass is 32.1. The van der Waals surface area contributed by atoms with Crippen LogP contribution >= 0.6 is 11.3 Å². The topological polar surface area (TPSA) is 62.3 Å². The number of nitrogens with zero attached hydrogens (tertiary/aromatic N) is 2. The summed E-state index contributed by atoms with van der Waals surface area (Å²) < 4.78 is 0. The number of likely N-dealkylation sites (tertiary alicyclic amines) is 1. The van der Waals surface area contributed by atoms with Crippen molar-refractivity contribution < 1.29 is 9.59 Å². The lowest BCUT2D eigenvalue weighted by Gasteiger charge is -2.32. The molecule has 28 heavy (non-hydrogen) atoms. The van der Waals surface area contributed by atoms with E-state index in [4.69, 9.17) is 4.98 Å². The number of nitrogens with one attached hydrogen (secondary N) is 1. The lowest BCUT2D eigenvalue weighted by Crippen LogP contribution is -2.39. The fraction of sp³-hybridized carbons (Fsp3) is 0.500. The van der Waals surface area contributed by atoms with E-state index in [0.717, 1.165) is 43.1 Å². The van der Waals surface area contributed by atoms with Crippen molar-refractivity contribution in [1.29, 1.82) is 0 Å². The number of benzene rings is 1. The number of aromatic nitrogens is 1. The Kier molecular flexibility index (Phi) is 7.20. The Hall–Kier alpha value is -2.21. The Balaban J connectivity index is 1.51. The Morgan fingerprint density at radius 3 is 2.82 bits per heavy atom. The van der Waals surface area contributed by atoms with Gasteiger partial charge >= 0.3 is 0 Å². The van der Waals surface area contributed by atoms with E-state index in [9.17, 15) is 9.59 Å². The van der Waals surface area contributed by atoms with Crippen molar-refractivity contribution in [3.63, 3.8) is 0 Å². The van der Waals surface area contributed by atoms with Gasteiger partial charge in [-0.25, -0.2) is 4.98 Å². The molecule has 3 rings (SSSR count). The minimum Gasteiger partial charge on any atom is -0.350 e. The highest BCUT2D eigenvalue weighted by molar-refractivity contribution is 7.09. The van der Waals surface area contributed by atoms with Crippen molar-refractivity contribution >= 4 is 23.2 Å². The molecule has 0 bridgehead atoms. The quantitative estimate of drug-likeness (QED) is 0.771. The average Bonchev–Trinajstić information content (AvgIpc) is 3.20. The summed E-state index contributed by atoms with van der Waals surface area (Å²) in [6.45, 7) is 5.83. The van der Waals surface area contributed by atoms with Crippen molar-refractivity contribution in [1.82, 2.24) is 15.2 Å². The number of hydrogen-bond acceptors (Lipinski definition) is 4. The van der Waals surface area contributed by atoms with E-state index < -0.39 is 0 Å². The van der Waals surface area contributed by atoms with E-state index in [1.165, 1.54) is 5.56 Å². The SMILES string of the molecule is CC(C)C(=O)NCc1csc([C@H]2CCCN(C(=O)CCc3ccccc3)C2)n1. The van der Waals surface area contributed by atoms with Crippen LogP contribution in [0.4, 0.5) is 0 Å². The number of amides is 2. The molecule has 2 aromatic rings. The van der Waals surface area contributed by atoms with Gasteiger partial charge in [-0.05, 0) is 24.8 Å². The molecule has 1 aromatic carbocycles. The molecule has 2 heterocycles. The highest BCUT2D eigenvalue weighted by Gasteiger charge is 2.26. The van der Waals surface area contributed by atoms with Crippen molar-refractivity contribution in [2.24, 2.45) is 5.92 Å². The molecule has 0 unspecified atom stereocenters. The van der Waals surface area contributed by atoms with Gasteiger partial charge in [0.1, 0.15) is 0 Å². The zero-order valence-corrected chi connectivity index (χ0v) is 17.5. The van der Waals surface area contributed by atoms with E-state index in [1.54, 1.807) is 11.3 Å². The molecular weight excluding hydrogens is 370 g/mol. The number of carbonyl (C=O) groups excluding carboxylic acids is 2. The van der Waals surface area contributed by atoms with E-state index in [0.29, 0.717) is 18.9 Å². The maximum atomic E-state index is 12.7. The van der Waals surface area contributed by atoms with E-state index in [-0.39, 0.29) is 17.7 Å². The molecule has 1 atom stereocenters. The second-order valence-corrected chi connectivity index (χ2v) is 8.60. The van der Waals surface area contributed by atoms with E-state index in [1.807, 2.05) is 42.3 Å². The Bertz CT molecular complexity index is 788. The summed E-state index contributed by atoms with van der Waals surface area (Å²) in [6.07, 6.45) is 3.42. The molecule has 1 aliphatic heterocycles. The maximum Gasteiger partial charge on any atom is 0.222 e.